The molecule has 0 bridgehead atoms. The number of rotatable bonds is 3. The van der Waals surface area contributed by atoms with Gasteiger partial charge in [-0.05, 0) is 24.3 Å². The molecule has 2 heterocycles. The maximum absolute atomic E-state index is 13.3. The number of carbonyl (C=O) groups is 1. The number of amides is 1. The number of aromatic nitrogens is 2. The molecule has 0 saturated heterocycles. The van der Waals surface area contributed by atoms with Crippen molar-refractivity contribution in [3.8, 4) is 11.3 Å². The van der Waals surface area contributed by atoms with Crippen LogP contribution in [0, 0.1) is 5.82 Å². The molecule has 2 aromatic carbocycles. The molecule has 4 nitrogen and oxygen atoms in total. The zero-order valence-electron chi connectivity index (χ0n) is 12.4. The number of fused-ring (bicyclic) bond motifs is 1. The van der Waals surface area contributed by atoms with Gasteiger partial charge in [0.05, 0.1) is 11.4 Å². The molecule has 1 amide bonds. The molecule has 0 aliphatic rings. The van der Waals surface area contributed by atoms with Gasteiger partial charge in [-0.2, -0.15) is 0 Å². The molecule has 0 atom stereocenters. The van der Waals surface area contributed by atoms with Crippen molar-refractivity contribution in [3.05, 3.63) is 77.7 Å². The molecular weight excluding hydrogens is 325 g/mol. The highest BCUT2D eigenvalue weighted by molar-refractivity contribution is 7.15. The first-order chi connectivity index (χ1) is 11.7. The average molecular weight is 337 g/mol. The lowest BCUT2D eigenvalue weighted by atomic mass is 10.1. The van der Waals surface area contributed by atoms with Crippen LogP contribution in [0.1, 0.15) is 10.4 Å². The Labute approximate surface area is 141 Å². The lowest BCUT2D eigenvalue weighted by molar-refractivity contribution is 0.102. The van der Waals surface area contributed by atoms with Gasteiger partial charge in [0.15, 0.2) is 4.96 Å². The van der Waals surface area contributed by atoms with Gasteiger partial charge in [-0.25, -0.2) is 9.37 Å². The molecule has 0 aliphatic heterocycles. The van der Waals surface area contributed by atoms with Gasteiger partial charge in [-0.3, -0.25) is 9.20 Å². The maximum Gasteiger partial charge on any atom is 0.255 e. The number of benzene rings is 2. The van der Waals surface area contributed by atoms with Gasteiger partial charge in [-0.15, -0.1) is 11.3 Å². The summed E-state index contributed by atoms with van der Waals surface area (Å²) >= 11 is 1.54. The van der Waals surface area contributed by atoms with Crippen molar-refractivity contribution >= 4 is 27.9 Å². The summed E-state index contributed by atoms with van der Waals surface area (Å²) in [5, 5.41) is 4.80. The fourth-order valence-corrected chi connectivity index (χ4v) is 3.20. The standard InChI is InChI=1S/C18H12FN3OS/c19-13-5-3-4-12(10-13)17(23)20-15-7-2-1-6-14(15)16-11-22-8-9-24-18(22)21-16/h1-11H,(H,20,23). The van der Waals surface area contributed by atoms with Crippen molar-refractivity contribution in [2.24, 2.45) is 0 Å². The molecule has 0 saturated carbocycles. The number of halogens is 1. The number of para-hydroxylation sites is 1. The van der Waals surface area contributed by atoms with E-state index in [0.717, 1.165) is 16.2 Å². The van der Waals surface area contributed by atoms with E-state index in [0.29, 0.717) is 5.69 Å². The number of hydrogen-bond acceptors (Lipinski definition) is 3. The predicted octanol–water partition coefficient (Wildman–Crippen LogP) is 4.45. The minimum absolute atomic E-state index is 0.274. The normalized spacial score (nSPS) is 10.9. The highest BCUT2D eigenvalue weighted by Crippen LogP contribution is 2.28. The van der Waals surface area contributed by atoms with Crippen LogP contribution in [0.5, 0.6) is 0 Å². The highest BCUT2D eigenvalue weighted by atomic mass is 32.1. The molecule has 2 aromatic heterocycles. The Hall–Kier alpha value is -2.99. The molecule has 4 rings (SSSR count). The lowest BCUT2D eigenvalue weighted by Gasteiger charge is -2.09. The van der Waals surface area contributed by atoms with Crippen LogP contribution in [0.25, 0.3) is 16.2 Å². The Morgan fingerprint density at radius 3 is 2.88 bits per heavy atom. The first-order valence-electron chi connectivity index (χ1n) is 7.29. The molecule has 4 aromatic rings. The maximum atomic E-state index is 13.3. The molecule has 6 heteroatoms. The minimum Gasteiger partial charge on any atom is -0.321 e. The van der Waals surface area contributed by atoms with Crippen molar-refractivity contribution in [2.75, 3.05) is 5.32 Å². The van der Waals surface area contributed by atoms with Crippen LogP contribution >= 0.6 is 11.3 Å². The minimum atomic E-state index is -0.440. The third-order valence-corrected chi connectivity index (χ3v) is 4.40. The predicted molar refractivity (Wildman–Crippen MR) is 92.9 cm³/mol. The Kier molecular flexibility index (Phi) is 3.59. The summed E-state index contributed by atoms with van der Waals surface area (Å²) in [6, 6.07) is 13.0. The monoisotopic (exact) mass is 337 g/mol. The summed E-state index contributed by atoms with van der Waals surface area (Å²) in [5.41, 5.74) is 2.50. The summed E-state index contributed by atoms with van der Waals surface area (Å²) < 4.78 is 15.2. The zero-order chi connectivity index (χ0) is 16.5. The van der Waals surface area contributed by atoms with Gasteiger partial charge in [0, 0.05) is 28.9 Å². The second-order valence-corrected chi connectivity index (χ2v) is 6.10. The Bertz CT molecular complexity index is 1010. The average Bonchev–Trinajstić information content (AvgIpc) is 3.17. The first-order valence-corrected chi connectivity index (χ1v) is 8.17. The van der Waals surface area contributed by atoms with E-state index in [4.69, 9.17) is 0 Å². The second-order valence-electron chi connectivity index (χ2n) is 5.23. The van der Waals surface area contributed by atoms with E-state index in [-0.39, 0.29) is 11.5 Å². The Balaban J connectivity index is 1.69. The molecular formula is C18H12FN3OS. The van der Waals surface area contributed by atoms with Crippen LogP contribution in [-0.4, -0.2) is 15.3 Å². The molecule has 0 aliphatic carbocycles. The summed E-state index contributed by atoms with van der Waals surface area (Å²) in [7, 11) is 0. The van der Waals surface area contributed by atoms with Crippen molar-refractivity contribution < 1.29 is 9.18 Å². The van der Waals surface area contributed by atoms with Crippen LogP contribution in [0.15, 0.2) is 66.3 Å². The van der Waals surface area contributed by atoms with Crippen molar-refractivity contribution in [1.82, 2.24) is 9.38 Å². The van der Waals surface area contributed by atoms with Crippen molar-refractivity contribution in [3.63, 3.8) is 0 Å². The molecule has 118 valence electrons. The number of anilines is 1. The third kappa shape index (κ3) is 2.68. The van der Waals surface area contributed by atoms with Crippen LogP contribution in [0.2, 0.25) is 0 Å². The highest BCUT2D eigenvalue weighted by Gasteiger charge is 2.13. The topological polar surface area (TPSA) is 46.4 Å². The van der Waals surface area contributed by atoms with Crippen molar-refractivity contribution in [2.45, 2.75) is 0 Å². The number of hydrogen-bond donors (Lipinski definition) is 1. The van der Waals surface area contributed by atoms with Gasteiger partial charge < -0.3 is 5.32 Å². The lowest BCUT2D eigenvalue weighted by Crippen LogP contribution is -2.12. The van der Waals surface area contributed by atoms with Gasteiger partial charge in [-0.1, -0.05) is 24.3 Å². The molecule has 24 heavy (non-hydrogen) atoms. The fraction of sp³-hybridized carbons (Fsp3) is 0. The molecule has 0 radical (unpaired) electrons. The van der Waals surface area contributed by atoms with Crippen molar-refractivity contribution in [1.29, 1.82) is 0 Å². The fourth-order valence-electron chi connectivity index (χ4n) is 2.50. The largest absolute Gasteiger partial charge is 0.321 e. The van der Waals surface area contributed by atoms with E-state index in [1.165, 1.54) is 18.2 Å². The summed E-state index contributed by atoms with van der Waals surface area (Å²) in [6.45, 7) is 0. The van der Waals surface area contributed by atoms with Gasteiger partial charge in [0.25, 0.3) is 5.91 Å². The number of thiazole rings is 1. The third-order valence-electron chi connectivity index (χ3n) is 3.63. The van der Waals surface area contributed by atoms with E-state index in [1.54, 1.807) is 23.5 Å². The summed E-state index contributed by atoms with van der Waals surface area (Å²) in [6.07, 6.45) is 3.85. The SMILES string of the molecule is O=C(Nc1ccccc1-c1cn2ccsc2n1)c1cccc(F)c1. The Morgan fingerprint density at radius 2 is 2.04 bits per heavy atom. The summed E-state index contributed by atoms with van der Waals surface area (Å²) in [5.74, 6) is -0.798. The molecule has 0 spiro atoms. The quantitative estimate of drug-likeness (QED) is 0.600. The summed E-state index contributed by atoms with van der Waals surface area (Å²) in [4.78, 5) is 17.8. The van der Waals surface area contributed by atoms with Crippen LogP contribution in [0.4, 0.5) is 10.1 Å². The molecule has 0 fully saturated rings. The Morgan fingerprint density at radius 1 is 1.17 bits per heavy atom. The van der Waals surface area contributed by atoms with Crippen LogP contribution < -0.4 is 5.32 Å². The first kappa shape index (κ1) is 14.6. The van der Waals surface area contributed by atoms with E-state index in [2.05, 4.69) is 10.3 Å². The zero-order valence-corrected chi connectivity index (χ0v) is 13.3. The molecule has 1 N–H and O–H groups in total. The van der Waals surface area contributed by atoms with E-state index in [9.17, 15) is 9.18 Å². The van der Waals surface area contributed by atoms with Gasteiger partial charge in [0.1, 0.15) is 5.82 Å². The number of nitrogens with one attached hydrogen (secondary N) is 1. The van der Waals surface area contributed by atoms with Crippen LogP contribution in [-0.2, 0) is 0 Å². The molecule has 0 unspecified atom stereocenters. The number of nitrogens with zero attached hydrogens (tertiary/aromatic N) is 2. The van der Waals surface area contributed by atoms with Gasteiger partial charge in [0.2, 0.25) is 0 Å². The van der Waals surface area contributed by atoms with Gasteiger partial charge >= 0.3 is 0 Å². The van der Waals surface area contributed by atoms with Crippen LogP contribution in [0.3, 0.4) is 0 Å². The van der Waals surface area contributed by atoms with E-state index in [1.807, 2.05) is 40.4 Å². The number of imidazole rings is 1. The van der Waals surface area contributed by atoms with E-state index >= 15 is 0 Å². The smallest absolute Gasteiger partial charge is 0.255 e. The van der Waals surface area contributed by atoms with E-state index < -0.39 is 5.82 Å². The number of carbonyl (C=O) groups excluding carboxylic acids is 1. The second kappa shape index (κ2) is 5.90.